The van der Waals surface area contributed by atoms with Gasteiger partial charge in [-0.1, -0.05) is 0 Å². The Balaban J connectivity index is 2.49. The van der Waals surface area contributed by atoms with E-state index in [0.29, 0.717) is 0 Å². The third-order valence-electron chi connectivity index (χ3n) is 1.81. The van der Waals surface area contributed by atoms with Crippen LogP contribution >= 0.6 is 11.3 Å². The molecule has 9 heavy (non-hydrogen) atoms. The lowest BCUT2D eigenvalue weighted by Gasteiger charge is -2.07. The zero-order chi connectivity index (χ0) is 6.27. The molecule has 2 heteroatoms. The molecule has 1 nitrogen and oxygen atoms in total. The molecule has 0 N–H and O–H groups in total. The van der Waals surface area contributed by atoms with E-state index in [1.165, 1.54) is 18.7 Å². The van der Waals surface area contributed by atoms with Gasteiger partial charge >= 0.3 is 0 Å². The molecule has 0 aromatic carbocycles. The van der Waals surface area contributed by atoms with Gasteiger partial charge in [0.25, 0.3) is 0 Å². The van der Waals surface area contributed by atoms with Gasteiger partial charge in [0.1, 0.15) is 0 Å². The van der Waals surface area contributed by atoms with Gasteiger partial charge in [-0.2, -0.15) is 0 Å². The van der Waals surface area contributed by atoms with E-state index < -0.39 is 0 Å². The van der Waals surface area contributed by atoms with Crippen LogP contribution in [0.25, 0.3) is 0 Å². The van der Waals surface area contributed by atoms with Crippen molar-refractivity contribution in [3.05, 3.63) is 16.3 Å². The van der Waals surface area contributed by atoms with Crippen LogP contribution in [0.2, 0.25) is 0 Å². The molecule has 0 bridgehead atoms. The molecule has 0 aliphatic carbocycles. The predicted octanol–water partition coefficient (Wildman–Crippen LogP) is 1.74. The summed E-state index contributed by atoms with van der Waals surface area (Å²) in [6.07, 6.45) is 1.25. The number of hydrogen-bond donors (Lipinski definition) is 0. The maximum absolute atomic E-state index is 2.31. The van der Waals surface area contributed by atoms with Crippen LogP contribution < -0.4 is 4.90 Å². The average Bonchev–Trinajstić information content (AvgIpc) is 2.35. The molecule has 2 rings (SSSR count). The third kappa shape index (κ3) is 0.663. The highest BCUT2D eigenvalue weighted by Gasteiger charge is 2.15. The zero-order valence-electron chi connectivity index (χ0n) is 5.42. The summed E-state index contributed by atoms with van der Waals surface area (Å²) in [5.41, 5.74) is 1.44. The fourth-order valence-electron chi connectivity index (χ4n) is 1.25. The lowest BCUT2D eigenvalue weighted by Crippen LogP contribution is -2.12. The van der Waals surface area contributed by atoms with Gasteiger partial charge in [-0.3, -0.25) is 0 Å². The van der Waals surface area contributed by atoms with Crippen molar-refractivity contribution in [1.82, 2.24) is 0 Å². The monoisotopic (exact) mass is 139 g/mol. The number of fused-ring (bicyclic) bond motifs is 1. The summed E-state index contributed by atoms with van der Waals surface area (Å²) in [5, 5.41) is 2.17. The van der Waals surface area contributed by atoms with Crippen LogP contribution in [0, 0.1) is 0 Å². The minimum atomic E-state index is 1.21. The molecule has 1 aliphatic heterocycles. The molecule has 0 atom stereocenters. The summed E-state index contributed by atoms with van der Waals surface area (Å²) in [6.45, 7) is 1.21. The Labute approximate surface area is 58.9 Å². The van der Waals surface area contributed by atoms with E-state index in [1.807, 2.05) is 11.3 Å². The molecular formula is C7H9NS. The van der Waals surface area contributed by atoms with Gasteiger partial charge in [-0.25, -0.2) is 0 Å². The predicted molar refractivity (Wildman–Crippen MR) is 41.3 cm³/mol. The summed E-state index contributed by atoms with van der Waals surface area (Å²) in [4.78, 5) is 3.86. The zero-order valence-corrected chi connectivity index (χ0v) is 6.24. The highest BCUT2D eigenvalue weighted by molar-refractivity contribution is 7.10. The standard InChI is InChI=1S/C7H9NS/c1-8-4-2-7-6(8)3-5-9-7/h3,5H,2,4H2,1H3. The van der Waals surface area contributed by atoms with Crippen molar-refractivity contribution in [2.45, 2.75) is 6.42 Å². The molecule has 2 heterocycles. The van der Waals surface area contributed by atoms with Gasteiger partial charge in [0, 0.05) is 24.9 Å². The first-order valence-electron chi connectivity index (χ1n) is 3.15. The Morgan fingerprint density at radius 2 is 2.56 bits per heavy atom. The summed E-state index contributed by atoms with van der Waals surface area (Å²) >= 11 is 1.87. The molecule has 0 saturated heterocycles. The fraction of sp³-hybridized carbons (Fsp3) is 0.429. The Kier molecular flexibility index (Phi) is 1.02. The molecule has 0 saturated carbocycles. The van der Waals surface area contributed by atoms with E-state index in [-0.39, 0.29) is 0 Å². The molecule has 0 amide bonds. The fourth-order valence-corrected chi connectivity index (χ4v) is 2.17. The SMILES string of the molecule is CN1CCc2sccc21. The summed E-state index contributed by atoms with van der Waals surface area (Å²) < 4.78 is 0. The minimum Gasteiger partial charge on any atom is -0.373 e. The Morgan fingerprint density at radius 3 is 3.33 bits per heavy atom. The van der Waals surface area contributed by atoms with Crippen molar-refractivity contribution in [3.8, 4) is 0 Å². The normalized spacial score (nSPS) is 16.3. The third-order valence-corrected chi connectivity index (χ3v) is 2.78. The number of nitrogens with zero attached hydrogens (tertiary/aromatic N) is 1. The van der Waals surface area contributed by atoms with E-state index in [9.17, 15) is 0 Å². The number of anilines is 1. The second kappa shape index (κ2) is 1.74. The maximum atomic E-state index is 2.31. The van der Waals surface area contributed by atoms with Crippen LogP contribution in [0.1, 0.15) is 4.88 Å². The second-order valence-corrected chi connectivity index (χ2v) is 3.40. The van der Waals surface area contributed by atoms with Gasteiger partial charge < -0.3 is 4.90 Å². The number of likely N-dealkylation sites (N-methyl/N-ethyl adjacent to an activating group) is 1. The molecular weight excluding hydrogens is 130 g/mol. The lowest BCUT2D eigenvalue weighted by atomic mass is 10.4. The van der Waals surface area contributed by atoms with E-state index in [4.69, 9.17) is 0 Å². The minimum absolute atomic E-state index is 1.21. The molecule has 0 spiro atoms. The summed E-state index contributed by atoms with van der Waals surface area (Å²) in [5.74, 6) is 0. The highest BCUT2D eigenvalue weighted by atomic mass is 32.1. The van der Waals surface area contributed by atoms with E-state index in [1.54, 1.807) is 4.88 Å². The lowest BCUT2D eigenvalue weighted by molar-refractivity contribution is 0.959. The average molecular weight is 139 g/mol. The first kappa shape index (κ1) is 5.30. The number of rotatable bonds is 0. The van der Waals surface area contributed by atoms with Crippen LogP contribution in [0.15, 0.2) is 11.4 Å². The summed E-state index contributed by atoms with van der Waals surface area (Å²) in [6, 6.07) is 2.20. The first-order valence-corrected chi connectivity index (χ1v) is 4.03. The molecule has 1 aromatic heterocycles. The van der Waals surface area contributed by atoms with Crippen molar-refractivity contribution in [3.63, 3.8) is 0 Å². The molecule has 0 radical (unpaired) electrons. The van der Waals surface area contributed by atoms with Gasteiger partial charge in [-0.05, 0) is 11.4 Å². The number of hydrogen-bond acceptors (Lipinski definition) is 2. The quantitative estimate of drug-likeness (QED) is 0.529. The van der Waals surface area contributed by atoms with Crippen molar-refractivity contribution in [2.24, 2.45) is 0 Å². The van der Waals surface area contributed by atoms with Crippen molar-refractivity contribution < 1.29 is 0 Å². The van der Waals surface area contributed by atoms with E-state index in [0.717, 1.165) is 0 Å². The van der Waals surface area contributed by atoms with Crippen molar-refractivity contribution in [2.75, 3.05) is 18.5 Å². The Hall–Kier alpha value is -0.500. The van der Waals surface area contributed by atoms with Crippen molar-refractivity contribution >= 4 is 17.0 Å². The van der Waals surface area contributed by atoms with Crippen molar-refractivity contribution in [1.29, 1.82) is 0 Å². The van der Waals surface area contributed by atoms with Gasteiger partial charge in [0.05, 0.1) is 5.69 Å². The summed E-state index contributed by atoms with van der Waals surface area (Å²) in [7, 11) is 2.15. The van der Waals surface area contributed by atoms with Crippen LogP contribution in [-0.4, -0.2) is 13.6 Å². The van der Waals surface area contributed by atoms with Gasteiger partial charge in [0.15, 0.2) is 0 Å². The van der Waals surface area contributed by atoms with Gasteiger partial charge in [-0.15, -0.1) is 11.3 Å². The molecule has 1 aromatic rings. The van der Waals surface area contributed by atoms with Crippen LogP contribution in [0.4, 0.5) is 5.69 Å². The number of thiophene rings is 1. The molecule has 0 unspecified atom stereocenters. The van der Waals surface area contributed by atoms with Crippen LogP contribution in [-0.2, 0) is 6.42 Å². The molecule has 48 valence electrons. The van der Waals surface area contributed by atoms with E-state index in [2.05, 4.69) is 23.4 Å². The van der Waals surface area contributed by atoms with Crippen LogP contribution in [0.5, 0.6) is 0 Å². The molecule has 0 fully saturated rings. The maximum Gasteiger partial charge on any atom is 0.0505 e. The topological polar surface area (TPSA) is 3.24 Å². The second-order valence-electron chi connectivity index (χ2n) is 2.40. The smallest absolute Gasteiger partial charge is 0.0505 e. The first-order chi connectivity index (χ1) is 4.38. The Morgan fingerprint density at radius 1 is 1.67 bits per heavy atom. The highest BCUT2D eigenvalue weighted by Crippen LogP contribution is 2.30. The van der Waals surface area contributed by atoms with Crippen LogP contribution in [0.3, 0.4) is 0 Å². The van der Waals surface area contributed by atoms with E-state index >= 15 is 0 Å². The Bertz CT molecular complexity index is 216. The molecule has 1 aliphatic rings. The largest absolute Gasteiger partial charge is 0.373 e. The van der Waals surface area contributed by atoms with Gasteiger partial charge in [0.2, 0.25) is 0 Å².